The summed E-state index contributed by atoms with van der Waals surface area (Å²) in [6.07, 6.45) is -7.03. The molecule has 0 amide bonds. The zero-order valence-electron chi connectivity index (χ0n) is 15.8. The molecule has 2 N–H and O–H groups in total. The van der Waals surface area contributed by atoms with E-state index in [4.69, 9.17) is 9.79 Å². The SMILES string of the molecule is OP(O)CCC1CCN(c2ncnc3cc(OC(F)(F)F)c(OC(F)(F)F)cc23)CC1. The maximum absolute atomic E-state index is 12.7. The van der Waals surface area contributed by atoms with E-state index in [-0.39, 0.29) is 22.6 Å². The second-order valence-electron chi connectivity index (χ2n) is 6.92. The second kappa shape index (κ2) is 9.17. The molecule has 2 aromatic rings. The van der Waals surface area contributed by atoms with E-state index in [0.717, 1.165) is 18.5 Å². The number of rotatable bonds is 6. The fourth-order valence-electron chi connectivity index (χ4n) is 3.44. The summed E-state index contributed by atoms with van der Waals surface area (Å²) in [5, 5.41) is 0.0870. The summed E-state index contributed by atoms with van der Waals surface area (Å²) >= 11 is 0. The van der Waals surface area contributed by atoms with E-state index in [2.05, 4.69) is 19.4 Å². The molecule has 0 radical (unpaired) electrons. The third-order valence-electron chi connectivity index (χ3n) is 4.78. The number of piperidine rings is 1. The number of hydrogen-bond donors (Lipinski definition) is 2. The number of aromatic nitrogens is 2. The van der Waals surface area contributed by atoms with Gasteiger partial charge in [0.15, 0.2) is 19.9 Å². The lowest BCUT2D eigenvalue weighted by atomic mass is 9.94. The summed E-state index contributed by atoms with van der Waals surface area (Å²) in [6, 6.07) is 1.52. The van der Waals surface area contributed by atoms with Crippen molar-refractivity contribution in [3.63, 3.8) is 0 Å². The highest BCUT2D eigenvalue weighted by molar-refractivity contribution is 7.45. The van der Waals surface area contributed by atoms with Crippen LogP contribution in [0.4, 0.5) is 32.2 Å². The van der Waals surface area contributed by atoms with Crippen LogP contribution < -0.4 is 14.4 Å². The molecule has 0 saturated carbocycles. The van der Waals surface area contributed by atoms with Crippen molar-refractivity contribution < 1.29 is 45.6 Å². The van der Waals surface area contributed by atoms with E-state index in [0.29, 0.717) is 38.5 Å². The van der Waals surface area contributed by atoms with Crippen molar-refractivity contribution in [2.24, 2.45) is 5.92 Å². The first kappa shape index (κ1) is 23.6. The van der Waals surface area contributed by atoms with Crippen LogP contribution in [-0.4, -0.2) is 51.7 Å². The average molecular weight is 473 g/mol. The maximum Gasteiger partial charge on any atom is 0.573 e. The third-order valence-corrected chi connectivity index (χ3v) is 5.44. The van der Waals surface area contributed by atoms with Crippen molar-refractivity contribution in [2.75, 3.05) is 24.2 Å². The molecule has 14 heteroatoms. The summed E-state index contributed by atoms with van der Waals surface area (Å²) in [5.74, 6) is -1.79. The Bertz CT molecular complexity index is 904. The van der Waals surface area contributed by atoms with E-state index in [9.17, 15) is 26.3 Å². The molecule has 0 unspecified atom stereocenters. The molecule has 0 bridgehead atoms. The Morgan fingerprint density at radius 2 is 1.55 bits per heavy atom. The minimum Gasteiger partial charge on any atom is -0.402 e. The van der Waals surface area contributed by atoms with Gasteiger partial charge in [0.25, 0.3) is 0 Å². The smallest absolute Gasteiger partial charge is 0.402 e. The summed E-state index contributed by atoms with van der Waals surface area (Å²) in [5.41, 5.74) is -0.0351. The van der Waals surface area contributed by atoms with E-state index in [1.807, 2.05) is 0 Å². The van der Waals surface area contributed by atoms with Gasteiger partial charge in [0.2, 0.25) is 0 Å². The van der Waals surface area contributed by atoms with Crippen LogP contribution in [0.15, 0.2) is 18.5 Å². The van der Waals surface area contributed by atoms with Gasteiger partial charge in [-0.2, -0.15) is 0 Å². The predicted octanol–water partition coefficient (Wildman–Crippen LogP) is 4.33. The molecule has 2 heterocycles. The molecule has 1 aromatic heterocycles. The zero-order chi connectivity index (χ0) is 22.8. The lowest BCUT2D eigenvalue weighted by Gasteiger charge is -2.33. The van der Waals surface area contributed by atoms with Crippen molar-refractivity contribution in [1.29, 1.82) is 0 Å². The Balaban J connectivity index is 1.90. The number of alkyl halides is 6. The van der Waals surface area contributed by atoms with Gasteiger partial charge in [-0.15, -0.1) is 26.3 Å². The van der Waals surface area contributed by atoms with Gasteiger partial charge in [0.1, 0.15) is 12.1 Å². The number of benzene rings is 1. The van der Waals surface area contributed by atoms with Crippen molar-refractivity contribution in [3.8, 4) is 11.5 Å². The Labute approximate surface area is 173 Å². The molecule has 1 fully saturated rings. The molecule has 31 heavy (non-hydrogen) atoms. The number of hydrogen-bond acceptors (Lipinski definition) is 7. The van der Waals surface area contributed by atoms with Crippen LogP contribution in [0.3, 0.4) is 0 Å². The number of halogens is 6. The van der Waals surface area contributed by atoms with E-state index in [1.165, 1.54) is 0 Å². The zero-order valence-corrected chi connectivity index (χ0v) is 16.7. The van der Waals surface area contributed by atoms with Gasteiger partial charge in [-0.25, -0.2) is 9.97 Å². The fraction of sp³-hybridized carbons (Fsp3) is 0.529. The first-order valence-corrected chi connectivity index (χ1v) is 10.5. The fourth-order valence-corrected chi connectivity index (χ4v) is 4.04. The first-order chi connectivity index (χ1) is 14.4. The molecule has 0 spiro atoms. The van der Waals surface area contributed by atoms with Gasteiger partial charge in [-0.1, -0.05) is 0 Å². The van der Waals surface area contributed by atoms with Crippen molar-refractivity contribution in [1.82, 2.24) is 9.97 Å². The normalized spacial score (nSPS) is 16.2. The number of fused-ring (bicyclic) bond motifs is 1. The number of ether oxygens (including phenoxy) is 2. The highest BCUT2D eigenvalue weighted by Gasteiger charge is 2.37. The second-order valence-corrected chi connectivity index (χ2v) is 8.12. The van der Waals surface area contributed by atoms with Crippen LogP contribution in [0.5, 0.6) is 11.5 Å². The minimum atomic E-state index is -5.23. The van der Waals surface area contributed by atoms with Crippen LogP contribution in [0.1, 0.15) is 19.3 Å². The van der Waals surface area contributed by atoms with Gasteiger partial charge in [-0.05, 0) is 31.2 Å². The minimum absolute atomic E-state index is 0.0351. The van der Waals surface area contributed by atoms with Crippen LogP contribution in [0, 0.1) is 5.92 Å². The van der Waals surface area contributed by atoms with Crippen LogP contribution >= 0.6 is 8.38 Å². The summed E-state index contributed by atoms with van der Waals surface area (Å²) in [4.78, 5) is 27.9. The third kappa shape index (κ3) is 6.68. The van der Waals surface area contributed by atoms with E-state index >= 15 is 0 Å². The Morgan fingerprint density at radius 3 is 2.10 bits per heavy atom. The number of nitrogens with zero attached hydrogens (tertiary/aromatic N) is 3. The number of anilines is 1. The topological polar surface area (TPSA) is 87.9 Å². The molecule has 1 aliphatic rings. The van der Waals surface area contributed by atoms with Gasteiger partial charge in [-0.3, -0.25) is 0 Å². The van der Waals surface area contributed by atoms with Gasteiger partial charge in [0, 0.05) is 30.7 Å². The van der Waals surface area contributed by atoms with Crippen LogP contribution in [-0.2, 0) is 0 Å². The molecule has 172 valence electrons. The largest absolute Gasteiger partial charge is 0.573 e. The van der Waals surface area contributed by atoms with Crippen molar-refractivity contribution >= 4 is 25.1 Å². The monoisotopic (exact) mass is 473 g/mol. The van der Waals surface area contributed by atoms with Crippen molar-refractivity contribution in [3.05, 3.63) is 18.5 Å². The highest BCUT2D eigenvalue weighted by atomic mass is 31.2. The molecule has 1 saturated heterocycles. The highest BCUT2D eigenvalue weighted by Crippen LogP contribution is 2.41. The lowest BCUT2D eigenvalue weighted by Crippen LogP contribution is -2.34. The van der Waals surface area contributed by atoms with Crippen LogP contribution in [0.25, 0.3) is 10.9 Å². The Kier molecular flexibility index (Phi) is 6.97. The lowest BCUT2D eigenvalue weighted by molar-refractivity contribution is -0.287. The summed E-state index contributed by atoms with van der Waals surface area (Å²) in [7, 11) is -1.96. The quantitative estimate of drug-likeness (QED) is 0.477. The molecule has 1 aromatic carbocycles. The van der Waals surface area contributed by atoms with Gasteiger partial charge < -0.3 is 24.2 Å². The average Bonchev–Trinajstić information content (AvgIpc) is 2.64. The van der Waals surface area contributed by atoms with Gasteiger partial charge >= 0.3 is 12.7 Å². The molecule has 0 aliphatic carbocycles. The first-order valence-electron chi connectivity index (χ1n) is 9.12. The molecule has 0 atom stereocenters. The maximum atomic E-state index is 12.7. The molecule has 3 rings (SSSR count). The van der Waals surface area contributed by atoms with Crippen molar-refractivity contribution in [2.45, 2.75) is 32.0 Å². The summed E-state index contributed by atoms with van der Waals surface area (Å²) < 4.78 is 83.6. The summed E-state index contributed by atoms with van der Waals surface area (Å²) in [6.45, 7) is 0.976. The Morgan fingerprint density at radius 1 is 0.968 bits per heavy atom. The van der Waals surface area contributed by atoms with Gasteiger partial charge in [0.05, 0.1) is 5.52 Å². The molecule has 7 nitrogen and oxygen atoms in total. The molecular weight excluding hydrogens is 455 g/mol. The van der Waals surface area contributed by atoms with Crippen LogP contribution in [0.2, 0.25) is 0 Å². The predicted molar refractivity (Wildman–Crippen MR) is 98.7 cm³/mol. The standard InChI is InChI=1S/C17H18F6N3O4P/c18-16(19,20)29-13-7-11-12(8-14(13)30-17(21,22)23)24-9-25-15(11)26-4-1-10(2-5-26)3-6-31(27)28/h7-10,27-28H,1-6H2. The Hall–Kier alpha value is -2.11. The van der Waals surface area contributed by atoms with E-state index in [1.54, 1.807) is 4.90 Å². The van der Waals surface area contributed by atoms with E-state index < -0.39 is 32.6 Å². The molecule has 1 aliphatic heterocycles. The molecular formula is C17H18F6N3O4P.